The number of methoxy groups -OCH3 is 2. The highest BCUT2D eigenvalue weighted by molar-refractivity contribution is 5.89. The molecule has 1 aromatic heterocycles. The van der Waals surface area contributed by atoms with Crippen LogP contribution in [-0.2, 0) is 11.2 Å². The van der Waals surface area contributed by atoms with Crippen molar-refractivity contribution in [1.29, 1.82) is 0 Å². The quantitative estimate of drug-likeness (QED) is 0.414. The van der Waals surface area contributed by atoms with Crippen LogP contribution in [0, 0.1) is 0 Å². The van der Waals surface area contributed by atoms with E-state index in [4.69, 9.17) is 15.2 Å². The Balaban J connectivity index is 1.62. The first-order valence-corrected chi connectivity index (χ1v) is 9.70. The molecule has 2 aromatic carbocycles. The summed E-state index contributed by atoms with van der Waals surface area (Å²) in [5.74, 6) is 2.31. The SMILES string of the molecule is COc1ccc(CCNc2ncnc(Nc3ccc(NC(C)=O)cc3)c2N)cc1OC. The highest BCUT2D eigenvalue weighted by atomic mass is 16.5. The van der Waals surface area contributed by atoms with Crippen LogP contribution in [0.4, 0.5) is 28.7 Å². The number of rotatable bonds is 9. The number of carbonyl (C=O) groups excluding carboxylic acids is 1. The van der Waals surface area contributed by atoms with Gasteiger partial charge in [-0.15, -0.1) is 0 Å². The average molecular weight is 422 g/mol. The lowest BCUT2D eigenvalue weighted by atomic mass is 10.1. The Morgan fingerprint density at radius 1 is 0.968 bits per heavy atom. The molecular formula is C22H26N6O3. The van der Waals surface area contributed by atoms with E-state index in [2.05, 4.69) is 25.9 Å². The van der Waals surface area contributed by atoms with Gasteiger partial charge in [0.1, 0.15) is 12.0 Å². The molecule has 0 radical (unpaired) electrons. The number of nitrogens with two attached hydrogens (primary N) is 1. The van der Waals surface area contributed by atoms with Gasteiger partial charge in [0.05, 0.1) is 14.2 Å². The average Bonchev–Trinajstić information content (AvgIpc) is 2.77. The number of hydrogen-bond acceptors (Lipinski definition) is 8. The van der Waals surface area contributed by atoms with Crippen LogP contribution < -0.4 is 31.2 Å². The molecule has 0 atom stereocenters. The molecule has 0 aliphatic carbocycles. The first-order valence-electron chi connectivity index (χ1n) is 9.70. The van der Waals surface area contributed by atoms with E-state index in [1.807, 2.05) is 30.3 Å². The predicted octanol–water partition coefficient (Wildman–Crippen LogP) is 3.43. The van der Waals surface area contributed by atoms with Gasteiger partial charge in [-0.2, -0.15) is 0 Å². The molecule has 0 unspecified atom stereocenters. The highest BCUT2D eigenvalue weighted by Gasteiger charge is 2.09. The van der Waals surface area contributed by atoms with E-state index in [1.54, 1.807) is 26.4 Å². The minimum absolute atomic E-state index is 0.121. The Morgan fingerprint density at radius 2 is 1.65 bits per heavy atom. The van der Waals surface area contributed by atoms with Gasteiger partial charge in [0.2, 0.25) is 5.91 Å². The molecule has 0 bridgehead atoms. The topological polar surface area (TPSA) is 123 Å². The molecule has 9 nitrogen and oxygen atoms in total. The number of anilines is 5. The second-order valence-electron chi connectivity index (χ2n) is 6.73. The van der Waals surface area contributed by atoms with Gasteiger partial charge in [-0.05, 0) is 48.4 Å². The maximum absolute atomic E-state index is 11.1. The molecule has 1 amide bonds. The number of carbonyl (C=O) groups is 1. The summed E-state index contributed by atoms with van der Waals surface area (Å²) in [5, 5.41) is 9.14. The summed E-state index contributed by atoms with van der Waals surface area (Å²) < 4.78 is 10.6. The molecule has 0 aliphatic heterocycles. The van der Waals surface area contributed by atoms with Crippen LogP contribution in [-0.4, -0.2) is 36.6 Å². The Morgan fingerprint density at radius 3 is 2.32 bits per heavy atom. The molecular weight excluding hydrogens is 396 g/mol. The second kappa shape index (κ2) is 10.1. The summed E-state index contributed by atoms with van der Waals surface area (Å²) >= 11 is 0. The smallest absolute Gasteiger partial charge is 0.221 e. The zero-order chi connectivity index (χ0) is 22.2. The van der Waals surface area contributed by atoms with Crippen LogP contribution in [0.1, 0.15) is 12.5 Å². The lowest BCUT2D eigenvalue weighted by Gasteiger charge is -2.13. The van der Waals surface area contributed by atoms with Gasteiger partial charge in [-0.3, -0.25) is 4.79 Å². The van der Waals surface area contributed by atoms with Gasteiger partial charge in [0, 0.05) is 24.8 Å². The lowest BCUT2D eigenvalue weighted by Crippen LogP contribution is -2.11. The van der Waals surface area contributed by atoms with Crippen molar-refractivity contribution in [3.05, 3.63) is 54.4 Å². The van der Waals surface area contributed by atoms with Gasteiger partial charge in [0.15, 0.2) is 23.1 Å². The predicted molar refractivity (Wildman–Crippen MR) is 122 cm³/mol. The van der Waals surface area contributed by atoms with E-state index in [-0.39, 0.29) is 5.91 Å². The van der Waals surface area contributed by atoms with Crippen molar-refractivity contribution in [3.63, 3.8) is 0 Å². The minimum Gasteiger partial charge on any atom is -0.493 e. The van der Waals surface area contributed by atoms with Crippen molar-refractivity contribution in [2.24, 2.45) is 0 Å². The fourth-order valence-electron chi connectivity index (χ4n) is 2.97. The van der Waals surface area contributed by atoms with Crippen LogP contribution in [0.5, 0.6) is 11.5 Å². The van der Waals surface area contributed by atoms with Crippen molar-refractivity contribution >= 4 is 34.6 Å². The van der Waals surface area contributed by atoms with Gasteiger partial charge >= 0.3 is 0 Å². The second-order valence-corrected chi connectivity index (χ2v) is 6.73. The summed E-state index contributed by atoms with van der Waals surface area (Å²) in [5.41, 5.74) is 9.26. The fraction of sp³-hybridized carbons (Fsp3) is 0.227. The van der Waals surface area contributed by atoms with Gasteiger partial charge < -0.3 is 31.2 Å². The third-order valence-corrected chi connectivity index (χ3v) is 4.51. The Bertz CT molecular complexity index is 1040. The van der Waals surface area contributed by atoms with E-state index < -0.39 is 0 Å². The van der Waals surface area contributed by atoms with E-state index >= 15 is 0 Å². The number of nitrogens with one attached hydrogen (secondary N) is 3. The normalized spacial score (nSPS) is 10.3. The first-order chi connectivity index (χ1) is 15.0. The Kier molecular flexibility index (Phi) is 7.10. The van der Waals surface area contributed by atoms with Crippen molar-refractivity contribution in [2.45, 2.75) is 13.3 Å². The molecule has 1 heterocycles. The van der Waals surface area contributed by atoms with Gasteiger partial charge in [-0.25, -0.2) is 9.97 Å². The van der Waals surface area contributed by atoms with Crippen molar-refractivity contribution in [3.8, 4) is 11.5 Å². The zero-order valence-electron chi connectivity index (χ0n) is 17.7. The number of nitrogens with zero attached hydrogens (tertiary/aromatic N) is 2. The summed E-state index contributed by atoms with van der Waals surface area (Å²) in [6, 6.07) is 13.1. The molecule has 0 fully saturated rings. The Hall–Kier alpha value is -4.01. The van der Waals surface area contributed by atoms with Crippen molar-refractivity contribution in [1.82, 2.24) is 9.97 Å². The summed E-state index contributed by atoms with van der Waals surface area (Å²) in [6.07, 6.45) is 2.19. The molecule has 3 aromatic rings. The van der Waals surface area contributed by atoms with Crippen LogP contribution >= 0.6 is 0 Å². The molecule has 9 heteroatoms. The van der Waals surface area contributed by atoms with Crippen LogP contribution in [0.15, 0.2) is 48.8 Å². The third kappa shape index (κ3) is 5.75. The molecule has 0 spiro atoms. The number of aromatic nitrogens is 2. The molecule has 5 N–H and O–H groups in total. The first kappa shape index (κ1) is 21.7. The van der Waals surface area contributed by atoms with Crippen LogP contribution in [0.25, 0.3) is 0 Å². The Labute approximate surface area is 181 Å². The fourth-order valence-corrected chi connectivity index (χ4v) is 2.97. The summed E-state index contributed by atoms with van der Waals surface area (Å²) in [6.45, 7) is 2.09. The third-order valence-electron chi connectivity index (χ3n) is 4.51. The van der Waals surface area contributed by atoms with Crippen molar-refractivity contribution in [2.75, 3.05) is 42.4 Å². The molecule has 0 saturated carbocycles. The van der Waals surface area contributed by atoms with E-state index in [0.29, 0.717) is 41.1 Å². The minimum atomic E-state index is -0.121. The van der Waals surface area contributed by atoms with Crippen LogP contribution in [0.3, 0.4) is 0 Å². The number of amides is 1. The van der Waals surface area contributed by atoms with Crippen molar-refractivity contribution < 1.29 is 14.3 Å². The summed E-state index contributed by atoms with van der Waals surface area (Å²) in [4.78, 5) is 19.6. The number of ether oxygens (including phenoxy) is 2. The molecule has 0 saturated heterocycles. The molecule has 31 heavy (non-hydrogen) atoms. The highest BCUT2D eigenvalue weighted by Crippen LogP contribution is 2.28. The summed E-state index contributed by atoms with van der Waals surface area (Å²) in [7, 11) is 3.23. The number of benzene rings is 2. The van der Waals surface area contributed by atoms with E-state index in [0.717, 1.165) is 17.7 Å². The van der Waals surface area contributed by atoms with Gasteiger partial charge in [-0.1, -0.05) is 6.07 Å². The lowest BCUT2D eigenvalue weighted by molar-refractivity contribution is -0.114. The number of nitrogen functional groups attached to an aromatic ring is 1. The van der Waals surface area contributed by atoms with Gasteiger partial charge in [0.25, 0.3) is 0 Å². The van der Waals surface area contributed by atoms with Crippen LogP contribution in [0.2, 0.25) is 0 Å². The largest absolute Gasteiger partial charge is 0.493 e. The maximum Gasteiger partial charge on any atom is 0.221 e. The monoisotopic (exact) mass is 422 g/mol. The van der Waals surface area contributed by atoms with E-state index in [1.165, 1.54) is 13.3 Å². The maximum atomic E-state index is 11.1. The zero-order valence-corrected chi connectivity index (χ0v) is 17.7. The molecule has 162 valence electrons. The van der Waals surface area contributed by atoms with E-state index in [9.17, 15) is 4.79 Å². The standard InChI is InChI=1S/C22H26N6O3/c1-14(29)27-16-5-7-17(8-6-16)28-22-20(23)21(25-13-26-22)24-11-10-15-4-9-18(30-2)19(12-15)31-3/h4-9,12-13H,10-11,23H2,1-3H3,(H,27,29)(H2,24,25,26,28). The molecule has 3 rings (SSSR count). The molecule has 0 aliphatic rings. The number of hydrogen-bond donors (Lipinski definition) is 4.